The van der Waals surface area contributed by atoms with Crippen molar-refractivity contribution in [2.45, 2.75) is 11.0 Å². The number of thioether (sulfide) groups is 1. The molecule has 4 nitrogen and oxygen atoms in total. The van der Waals surface area contributed by atoms with Crippen LogP contribution in [-0.4, -0.2) is 22.1 Å². The topological polar surface area (TPSA) is 83.6 Å². The number of hydrogen-bond acceptors (Lipinski definition) is 4. The highest BCUT2D eigenvalue weighted by molar-refractivity contribution is 8.13. The van der Waals surface area contributed by atoms with Crippen molar-refractivity contribution in [2.75, 3.05) is 6.61 Å². The molecule has 0 fully saturated rings. The van der Waals surface area contributed by atoms with Gasteiger partial charge in [-0.05, 0) is 29.5 Å². The predicted octanol–water partition coefficient (Wildman–Crippen LogP) is 1.09. The molecule has 0 aromatic heterocycles. The lowest BCUT2D eigenvalue weighted by Gasteiger charge is -2.08. The molecule has 1 rings (SSSR count). The molecular formula is C10H12NO3S. The molecule has 0 aliphatic heterocycles. The van der Waals surface area contributed by atoms with E-state index < -0.39 is 11.3 Å². The summed E-state index contributed by atoms with van der Waals surface area (Å²) >= 11 is 0.930. The quantitative estimate of drug-likeness (QED) is 0.671. The fourth-order valence-corrected chi connectivity index (χ4v) is 1.59. The molecule has 1 aromatic carbocycles. The molecule has 0 aliphatic rings. The number of aliphatic hydroxyl groups is 2. The van der Waals surface area contributed by atoms with Gasteiger partial charge in [-0.25, -0.2) is 0 Å². The lowest BCUT2D eigenvalue weighted by Crippen LogP contribution is -2.02. The first-order valence-corrected chi connectivity index (χ1v) is 5.14. The number of benzene rings is 1. The Balaban J connectivity index is 2.67. The summed E-state index contributed by atoms with van der Waals surface area (Å²) in [5.74, 6) is 0. The van der Waals surface area contributed by atoms with E-state index in [1.807, 2.05) is 0 Å². The monoisotopic (exact) mass is 226 g/mol. The van der Waals surface area contributed by atoms with Gasteiger partial charge in [-0.2, -0.15) is 0 Å². The molecular weight excluding hydrogens is 214 g/mol. The maximum atomic E-state index is 10.6. The van der Waals surface area contributed by atoms with Crippen LogP contribution in [0.4, 0.5) is 4.79 Å². The van der Waals surface area contributed by atoms with Gasteiger partial charge in [-0.3, -0.25) is 4.79 Å². The fraction of sp³-hybridized carbons (Fsp3) is 0.200. The van der Waals surface area contributed by atoms with Crippen molar-refractivity contribution < 1.29 is 15.0 Å². The van der Waals surface area contributed by atoms with Gasteiger partial charge >= 0.3 is 0 Å². The van der Waals surface area contributed by atoms with Crippen LogP contribution in [0.25, 0.3) is 0 Å². The third kappa shape index (κ3) is 3.91. The van der Waals surface area contributed by atoms with Crippen LogP contribution in [0.3, 0.4) is 0 Å². The summed E-state index contributed by atoms with van der Waals surface area (Å²) in [4.78, 5) is 11.3. The van der Waals surface area contributed by atoms with Crippen LogP contribution in [0.2, 0.25) is 0 Å². The van der Waals surface area contributed by atoms with Crippen molar-refractivity contribution >= 4 is 17.0 Å². The molecule has 5 heteroatoms. The Morgan fingerprint density at radius 1 is 1.47 bits per heavy atom. The summed E-state index contributed by atoms with van der Waals surface area (Å²) in [7, 11) is 0. The van der Waals surface area contributed by atoms with E-state index in [2.05, 4.69) is 0 Å². The van der Waals surface area contributed by atoms with E-state index in [9.17, 15) is 9.90 Å². The van der Waals surface area contributed by atoms with E-state index in [0.29, 0.717) is 5.56 Å². The highest BCUT2D eigenvalue weighted by atomic mass is 32.2. The molecule has 0 aliphatic carbocycles. The summed E-state index contributed by atoms with van der Waals surface area (Å²) in [6.07, 6.45) is 0.582. The Kier molecular flexibility index (Phi) is 4.61. The number of carbonyl (C=O) groups excluding carboxylic acids is 1. The van der Waals surface area contributed by atoms with Crippen molar-refractivity contribution in [3.8, 4) is 0 Å². The molecule has 0 bridgehead atoms. The average molecular weight is 226 g/mol. The molecule has 4 N–H and O–H groups in total. The number of aliphatic hydroxyl groups excluding tert-OH is 2. The van der Waals surface area contributed by atoms with Gasteiger partial charge in [0.2, 0.25) is 0 Å². The molecule has 81 valence electrons. The first-order valence-electron chi connectivity index (χ1n) is 4.33. The zero-order valence-corrected chi connectivity index (χ0v) is 8.78. The maximum absolute atomic E-state index is 10.6. The first kappa shape index (κ1) is 12.0. The lowest BCUT2D eigenvalue weighted by molar-refractivity contribution is 0.185. The number of nitrogens with two attached hydrogens (primary N) is 1. The summed E-state index contributed by atoms with van der Waals surface area (Å²) in [6, 6.07) is 6.75. The zero-order valence-electron chi connectivity index (χ0n) is 7.96. The van der Waals surface area contributed by atoms with Crippen LogP contribution in [0.1, 0.15) is 11.7 Å². The standard InChI is InChI=1S/C10H12NO3S/c11-10(14)15-8-3-1-7(2-4-8)9(13)5-6-12/h1-5,9,12-13H,6H2,(H2,11,14)/t9-/m0/s1. The smallest absolute Gasteiger partial charge is 0.281 e. The van der Waals surface area contributed by atoms with Gasteiger partial charge in [0.25, 0.3) is 5.24 Å². The van der Waals surface area contributed by atoms with E-state index >= 15 is 0 Å². The summed E-state index contributed by atoms with van der Waals surface area (Å²) in [5, 5.41) is 17.6. The van der Waals surface area contributed by atoms with Crippen molar-refractivity contribution in [1.82, 2.24) is 0 Å². The number of primary amides is 1. The van der Waals surface area contributed by atoms with E-state index in [1.165, 1.54) is 6.42 Å². The predicted molar refractivity (Wildman–Crippen MR) is 58.2 cm³/mol. The minimum atomic E-state index is -0.789. The van der Waals surface area contributed by atoms with Crippen LogP contribution in [0, 0.1) is 6.42 Å². The third-order valence-corrected chi connectivity index (χ3v) is 2.48. The van der Waals surface area contributed by atoms with Gasteiger partial charge in [0, 0.05) is 17.9 Å². The second kappa shape index (κ2) is 5.75. The second-order valence-corrected chi connectivity index (χ2v) is 3.93. The molecule has 0 saturated carbocycles. The Hall–Kier alpha value is -1.04. The van der Waals surface area contributed by atoms with Gasteiger partial charge < -0.3 is 15.9 Å². The van der Waals surface area contributed by atoms with E-state index in [1.54, 1.807) is 24.3 Å². The van der Waals surface area contributed by atoms with Crippen molar-refractivity contribution in [3.63, 3.8) is 0 Å². The average Bonchev–Trinajstić information content (AvgIpc) is 2.18. The van der Waals surface area contributed by atoms with Crippen LogP contribution in [0.5, 0.6) is 0 Å². The summed E-state index contributed by atoms with van der Waals surface area (Å²) in [6.45, 7) is -0.182. The molecule has 1 amide bonds. The number of carbonyl (C=O) groups is 1. The Bertz CT molecular complexity index is 326. The van der Waals surface area contributed by atoms with Crippen molar-refractivity contribution in [1.29, 1.82) is 0 Å². The van der Waals surface area contributed by atoms with Gasteiger partial charge in [0.15, 0.2) is 0 Å². The molecule has 0 spiro atoms. The largest absolute Gasteiger partial charge is 0.396 e. The van der Waals surface area contributed by atoms with E-state index in [4.69, 9.17) is 10.8 Å². The highest BCUT2D eigenvalue weighted by Crippen LogP contribution is 2.21. The van der Waals surface area contributed by atoms with Crippen molar-refractivity contribution in [3.05, 3.63) is 36.2 Å². The molecule has 1 atom stereocenters. The molecule has 1 radical (unpaired) electrons. The van der Waals surface area contributed by atoms with E-state index in [0.717, 1.165) is 16.7 Å². The maximum Gasteiger partial charge on any atom is 0.281 e. The van der Waals surface area contributed by atoms with Gasteiger partial charge in [0.1, 0.15) is 0 Å². The third-order valence-electron chi connectivity index (χ3n) is 1.77. The molecule has 0 saturated heterocycles. The van der Waals surface area contributed by atoms with Crippen LogP contribution >= 0.6 is 11.8 Å². The number of hydrogen-bond donors (Lipinski definition) is 3. The van der Waals surface area contributed by atoms with Gasteiger partial charge in [-0.15, -0.1) is 0 Å². The number of amides is 1. The molecule has 0 heterocycles. The van der Waals surface area contributed by atoms with E-state index in [-0.39, 0.29) is 6.61 Å². The second-order valence-electron chi connectivity index (χ2n) is 2.85. The normalized spacial score (nSPS) is 12.4. The van der Waals surface area contributed by atoms with Crippen LogP contribution in [-0.2, 0) is 0 Å². The lowest BCUT2D eigenvalue weighted by atomic mass is 10.1. The van der Waals surface area contributed by atoms with Crippen LogP contribution < -0.4 is 5.73 Å². The van der Waals surface area contributed by atoms with Gasteiger partial charge in [0.05, 0.1) is 6.10 Å². The Morgan fingerprint density at radius 2 is 2.07 bits per heavy atom. The number of rotatable bonds is 4. The molecule has 15 heavy (non-hydrogen) atoms. The summed E-state index contributed by atoms with van der Waals surface area (Å²) in [5.41, 5.74) is 5.67. The summed E-state index contributed by atoms with van der Waals surface area (Å²) < 4.78 is 0. The minimum absolute atomic E-state index is 0.182. The minimum Gasteiger partial charge on any atom is -0.396 e. The van der Waals surface area contributed by atoms with Crippen molar-refractivity contribution in [2.24, 2.45) is 5.73 Å². The SMILES string of the molecule is NC(=O)Sc1ccc([C@@H](O)[CH]CO)cc1. The fourth-order valence-electron chi connectivity index (χ4n) is 1.09. The zero-order chi connectivity index (χ0) is 11.3. The molecule has 0 unspecified atom stereocenters. The highest BCUT2D eigenvalue weighted by Gasteiger charge is 2.07. The van der Waals surface area contributed by atoms with Crippen LogP contribution in [0.15, 0.2) is 29.2 Å². The first-order chi connectivity index (χ1) is 7.13. The van der Waals surface area contributed by atoms with Gasteiger partial charge in [-0.1, -0.05) is 12.1 Å². The molecule has 1 aromatic rings. The Labute approximate surface area is 92.1 Å². The Morgan fingerprint density at radius 3 is 2.53 bits per heavy atom.